The highest BCUT2D eigenvalue weighted by Gasteiger charge is 2.31. The van der Waals surface area contributed by atoms with E-state index >= 15 is 0 Å². The fourth-order valence-electron chi connectivity index (χ4n) is 1.91. The molecule has 1 aromatic rings. The minimum Gasteiger partial charge on any atom is -0.496 e. The Bertz CT molecular complexity index is 340. The second-order valence-electron chi connectivity index (χ2n) is 3.73. The van der Waals surface area contributed by atoms with Crippen molar-refractivity contribution >= 4 is 0 Å². The van der Waals surface area contributed by atoms with Crippen molar-refractivity contribution < 1.29 is 9.13 Å². The Hall–Kier alpha value is -1.09. The summed E-state index contributed by atoms with van der Waals surface area (Å²) in [4.78, 5) is 0. The molecule has 0 spiro atoms. The number of benzene rings is 1. The molecule has 2 nitrogen and oxygen atoms in total. The second-order valence-corrected chi connectivity index (χ2v) is 3.73. The molecule has 0 amide bonds. The molecule has 0 aliphatic heterocycles. The van der Waals surface area contributed by atoms with E-state index in [-0.39, 0.29) is 17.8 Å². The molecule has 2 N–H and O–H groups in total. The fraction of sp³-hybridized carbons (Fsp3) is 0.455. The van der Waals surface area contributed by atoms with E-state index in [0.29, 0.717) is 0 Å². The topological polar surface area (TPSA) is 35.2 Å². The second kappa shape index (κ2) is 3.58. The minimum atomic E-state index is -0.222. The van der Waals surface area contributed by atoms with Crippen molar-refractivity contribution in [3.63, 3.8) is 0 Å². The summed E-state index contributed by atoms with van der Waals surface area (Å²) >= 11 is 0. The van der Waals surface area contributed by atoms with E-state index in [1.54, 1.807) is 13.2 Å². The summed E-state index contributed by atoms with van der Waals surface area (Å²) in [5.74, 6) is 0.784. The number of rotatable bonds is 2. The lowest BCUT2D eigenvalue weighted by Gasteiger charge is -2.34. The Labute approximate surface area is 82.9 Å². The molecule has 2 rings (SSSR count). The molecule has 1 saturated carbocycles. The predicted octanol–water partition coefficient (Wildman–Crippen LogP) is 2.04. The number of halogens is 1. The van der Waals surface area contributed by atoms with Crippen LogP contribution in [0.1, 0.15) is 24.3 Å². The summed E-state index contributed by atoms with van der Waals surface area (Å²) in [6.45, 7) is 0. The lowest BCUT2D eigenvalue weighted by Crippen LogP contribution is -2.37. The zero-order chi connectivity index (χ0) is 10.1. The molecule has 0 bridgehead atoms. The van der Waals surface area contributed by atoms with Crippen molar-refractivity contribution in [1.29, 1.82) is 0 Å². The van der Waals surface area contributed by atoms with Gasteiger partial charge in [0.05, 0.1) is 7.11 Å². The molecule has 1 aliphatic rings. The van der Waals surface area contributed by atoms with Gasteiger partial charge in [-0.2, -0.15) is 0 Å². The first kappa shape index (κ1) is 9.46. The summed E-state index contributed by atoms with van der Waals surface area (Å²) in [6, 6.07) is 4.76. The van der Waals surface area contributed by atoms with Gasteiger partial charge < -0.3 is 10.5 Å². The van der Waals surface area contributed by atoms with Crippen LogP contribution in [0.3, 0.4) is 0 Å². The molecule has 1 aromatic carbocycles. The molecule has 2 unspecified atom stereocenters. The van der Waals surface area contributed by atoms with E-state index in [4.69, 9.17) is 10.5 Å². The number of ether oxygens (including phenoxy) is 1. The Balaban J connectivity index is 2.34. The Morgan fingerprint density at radius 2 is 2.21 bits per heavy atom. The van der Waals surface area contributed by atoms with Gasteiger partial charge >= 0.3 is 0 Å². The number of hydrogen-bond donors (Lipinski definition) is 1. The zero-order valence-corrected chi connectivity index (χ0v) is 8.16. The van der Waals surface area contributed by atoms with Crippen molar-refractivity contribution in [2.24, 2.45) is 5.73 Å². The Kier molecular flexibility index (Phi) is 2.42. The largest absolute Gasteiger partial charge is 0.496 e. The summed E-state index contributed by atoms with van der Waals surface area (Å²) in [6.07, 6.45) is 2.05. The first-order chi connectivity index (χ1) is 6.72. The molecule has 1 fully saturated rings. The monoisotopic (exact) mass is 195 g/mol. The molecule has 3 heteroatoms. The van der Waals surface area contributed by atoms with Crippen LogP contribution in [0.25, 0.3) is 0 Å². The van der Waals surface area contributed by atoms with Crippen LogP contribution in [0.2, 0.25) is 0 Å². The van der Waals surface area contributed by atoms with E-state index in [0.717, 1.165) is 24.2 Å². The SMILES string of the molecule is COc1ccc(F)cc1C1CCC1N. The van der Waals surface area contributed by atoms with Crippen molar-refractivity contribution in [1.82, 2.24) is 0 Å². The maximum absolute atomic E-state index is 13.0. The molecule has 0 radical (unpaired) electrons. The van der Waals surface area contributed by atoms with Crippen LogP contribution in [-0.4, -0.2) is 13.2 Å². The minimum absolute atomic E-state index is 0.158. The average Bonchev–Trinajstić information content (AvgIpc) is 2.16. The van der Waals surface area contributed by atoms with Gasteiger partial charge in [-0.3, -0.25) is 0 Å². The highest BCUT2D eigenvalue weighted by atomic mass is 19.1. The number of hydrogen-bond acceptors (Lipinski definition) is 2. The van der Waals surface area contributed by atoms with Crippen LogP contribution < -0.4 is 10.5 Å². The Morgan fingerprint density at radius 3 is 2.71 bits per heavy atom. The maximum Gasteiger partial charge on any atom is 0.123 e. The van der Waals surface area contributed by atoms with Gasteiger partial charge in [-0.05, 0) is 31.0 Å². The fourth-order valence-corrected chi connectivity index (χ4v) is 1.91. The highest BCUT2D eigenvalue weighted by Crippen LogP contribution is 2.40. The molecular formula is C11H14FNO. The van der Waals surface area contributed by atoms with Crippen molar-refractivity contribution in [3.05, 3.63) is 29.6 Å². The normalized spacial score (nSPS) is 25.6. The third-order valence-electron chi connectivity index (χ3n) is 2.92. The third kappa shape index (κ3) is 1.48. The van der Waals surface area contributed by atoms with Gasteiger partial charge in [0.25, 0.3) is 0 Å². The van der Waals surface area contributed by atoms with Crippen molar-refractivity contribution in [2.75, 3.05) is 7.11 Å². The van der Waals surface area contributed by atoms with E-state index in [1.807, 2.05) is 0 Å². The standard InChI is InChI=1S/C11H14FNO/c1-14-11-5-2-7(12)6-9(11)8-3-4-10(8)13/h2,5-6,8,10H,3-4,13H2,1H3. The Morgan fingerprint density at radius 1 is 1.43 bits per heavy atom. The van der Waals surface area contributed by atoms with Crippen LogP contribution in [-0.2, 0) is 0 Å². The van der Waals surface area contributed by atoms with E-state index in [1.165, 1.54) is 12.1 Å². The lowest BCUT2D eigenvalue weighted by molar-refractivity contribution is 0.327. The van der Waals surface area contributed by atoms with Gasteiger partial charge in [0.15, 0.2) is 0 Å². The van der Waals surface area contributed by atoms with E-state index in [9.17, 15) is 4.39 Å². The maximum atomic E-state index is 13.0. The number of methoxy groups -OCH3 is 1. The average molecular weight is 195 g/mol. The van der Waals surface area contributed by atoms with Gasteiger partial charge in [-0.15, -0.1) is 0 Å². The van der Waals surface area contributed by atoms with Crippen LogP contribution in [0, 0.1) is 5.82 Å². The number of nitrogens with two attached hydrogens (primary N) is 1. The van der Waals surface area contributed by atoms with Gasteiger partial charge in [0.2, 0.25) is 0 Å². The van der Waals surface area contributed by atoms with Gasteiger partial charge in [0, 0.05) is 17.5 Å². The molecule has 1 aliphatic carbocycles. The highest BCUT2D eigenvalue weighted by molar-refractivity contribution is 5.39. The van der Waals surface area contributed by atoms with Gasteiger partial charge in [0.1, 0.15) is 11.6 Å². The zero-order valence-electron chi connectivity index (χ0n) is 8.16. The molecule has 0 aromatic heterocycles. The quantitative estimate of drug-likeness (QED) is 0.783. The van der Waals surface area contributed by atoms with Crippen LogP contribution in [0.5, 0.6) is 5.75 Å². The first-order valence-corrected chi connectivity index (χ1v) is 4.81. The smallest absolute Gasteiger partial charge is 0.123 e. The molecule has 0 saturated heterocycles. The van der Waals surface area contributed by atoms with Crippen LogP contribution in [0.15, 0.2) is 18.2 Å². The van der Waals surface area contributed by atoms with E-state index in [2.05, 4.69) is 0 Å². The van der Waals surface area contributed by atoms with Crippen LogP contribution >= 0.6 is 0 Å². The predicted molar refractivity (Wildman–Crippen MR) is 52.9 cm³/mol. The molecule has 2 atom stereocenters. The van der Waals surface area contributed by atoms with Gasteiger partial charge in [-0.1, -0.05) is 0 Å². The molecular weight excluding hydrogens is 181 g/mol. The molecule has 14 heavy (non-hydrogen) atoms. The summed E-state index contributed by atoms with van der Waals surface area (Å²) in [5, 5.41) is 0. The van der Waals surface area contributed by atoms with E-state index < -0.39 is 0 Å². The van der Waals surface area contributed by atoms with Crippen molar-refractivity contribution in [3.8, 4) is 5.75 Å². The molecule has 0 heterocycles. The molecule has 76 valence electrons. The van der Waals surface area contributed by atoms with Gasteiger partial charge in [-0.25, -0.2) is 4.39 Å². The summed E-state index contributed by atoms with van der Waals surface area (Å²) in [7, 11) is 1.60. The van der Waals surface area contributed by atoms with Crippen molar-refractivity contribution in [2.45, 2.75) is 24.8 Å². The first-order valence-electron chi connectivity index (χ1n) is 4.81. The lowest BCUT2D eigenvalue weighted by atomic mass is 9.75. The van der Waals surface area contributed by atoms with Crippen LogP contribution in [0.4, 0.5) is 4.39 Å². The summed E-state index contributed by atoms with van der Waals surface area (Å²) < 4.78 is 18.2. The summed E-state index contributed by atoms with van der Waals surface area (Å²) in [5.41, 5.74) is 6.76. The third-order valence-corrected chi connectivity index (χ3v) is 2.92.